The number of nitrogens with zero attached hydrogens (tertiary/aromatic N) is 3. The Morgan fingerprint density at radius 3 is 3.11 bits per heavy atom. The molecule has 1 N–H and O–H groups in total. The van der Waals surface area contributed by atoms with Gasteiger partial charge >= 0.3 is 0 Å². The smallest absolute Gasteiger partial charge is 0.290 e. The number of hydrogen-bond acceptors (Lipinski definition) is 6. The van der Waals surface area contributed by atoms with Crippen LogP contribution in [-0.4, -0.2) is 47.4 Å². The zero-order valence-electron chi connectivity index (χ0n) is 10.1. The lowest BCUT2D eigenvalue weighted by molar-refractivity contribution is -0.385. The Hall–Kier alpha value is -1.73. The normalized spacial score (nSPS) is 19.9. The molecule has 1 saturated heterocycles. The van der Waals surface area contributed by atoms with Gasteiger partial charge in [-0.1, -0.05) is 0 Å². The summed E-state index contributed by atoms with van der Waals surface area (Å²) in [5.74, 6) is 0.680. The van der Waals surface area contributed by atoms with Crippen molar-refractivity contribution in [1.82, 2.24) is 4.98 Å². The lowest BCUT2D eigenvalue weighted by atomic mass is 10.2. The quantitative estimate of drug-likeness (QED) is 0.623. The van der Waals surface area contributed by atoms with Crippen molar-refractivity contribution in [2.45, 2.75) is 13.0 Å². The van der Waals surface area contributed by atoms with Gasteiger partial charge in [0.1, 0.15) is 12.0 Å². The molecule has 0 saturated carbocycles. The van der Waals surface area contributed by atoms with E-state index >= 15 is 0 Å². The maximum absolute atomic E-state index is 10.7. The number of ether oxygens (including phenoxy) is 1. The van der Waals surface area contributed by atoms with Gasteiger partial charge in [-0.15, -0.1) is 0 Å². The number of aromatic nitrogens is 1. The Morgan fingerprint density at radius 2 is 2.50 bits per heavy atom. The first kappa shape index (κ1) is 12.7. The van der Waals surface area contributed by atoms with Crippen molar-refractivity contribution in [3.63, 3.8) is 0 Å². The number of aliphatic hydroxyl groups is 1. The van der Waals surface area contributed by atoms with Crippen molar-refractivity contribution in [3.8, 4) is 0 Å². The van der Waals surface area contributed by atoms with Crippen LogP contribution in [0.2, 0.25) is 0 Å². The summed E-state index contributed by atoms with van der Waals surface area (Å²) in [7, 11) is 0. The minimum absolute atomic E-state index is 0.0192. The van der Waals surface area contributed by atoms with Gasteiger partial charge in [0.2, 0.25) is 0 Å². The van der Waals surface area contributed by atoms with Crippen LogP contribution in [0.5, 0.6) is 0 Å². The fourth-order valence-electron chi connectivity index (χ4n) is 1.94. The molecule has 7 nitrogen and oxygen atoms in total. The van der Waals surface area contributed by atoms with E-state index in [-0.39, 0.29) is 18.4 Å². The van der Waals surface area contributed by atoms with Crippen molar-refractivity contribution in [3.05, 3.63) is 27.9 Å². The van der Waals surface area contributed by atoms with Crippen molar-refractivity contribution < 1.29 is 14.8 Å². The number of hydrogen-bond donors (Lipinski definition) is 1. The highest BCUT2D eigenvalue weighted by molar-refractivity contribution is 5.48. The molecule has 1 atom stereocenters. The molecule has 0 aliphatic carbocycles. The van der Waals surface area contributed by atoms with Gasteiger partial charge in [-0.3, -0.25) is 10.1 Å². The molecule has 0 amide bonds. The van der Waals surface area contributed by atoms with E-state index in [4.69, 9.17) is 9.84 Å². The minimum atomic E-state index is -0.443. The van der Waals surface area contributed by atoms with Crippen LogP contribution in [0.3, 0.4) is 0 Å². The van der Waals surface area contributed by atoms with Crippen molar-refractivity contribution in [1.29, 1.82) is 0 Å². The third-order valence-electron chi connectivity index (χ3n) is 2.93. The topological polar surface area (TPSA) is 88.7 Å². The molecule has 2 heterocycles. The van der Waals surface area contributed by atoms with Crippen LogP contribution < -0.4 is 4.90 Å². The predicted molar refractivity (Wildman–Crippen MR) is 64.7 cm³/mol. The van der Waals surface area contributed by atoms with Crippen LogP contribution in [0.1, 0.15) is 5.56 Å². The lowest BCUT2D eigenvalue weighted by Gasteiger charge is -2.32. The first-order valence-electron chi connectivity index (χ1n) is 5.70. The molecule has 1 aliphatic rings. The van der Waals surface area contributed by atoms with Gasteiger partial charge in [0, 0.05) is 18.7 Å². The van der Waals surface area contributed by atoms with Crippen LogP contribution >= 0.6 is 0 Å². The Bertz CT molecular complexity index is 452. The average molecular weight is 253 g/mol. The summed E-state index contributed by atoms with van der Waals surface area (Å²) < 4.78 is 5.34. The number of nitro groups is 1. The molecular weight excluding hydrogens is 238 g/mol. The second-order valence-electron chi connectivity index (χ2n) is 4.21. The van der Waals surface area contributed by atoms with Crippen LogP contribution in [0.15, 0.2) is 12.3 Å². The first-order chi connectivity index (χ1) is 8.61. The van der Waals surface area contributed by atoms with E-state index in [0.717, 1.165) is 0 Å². The van der Waals surface area contributed by atoms with Crippen LogP contribution in [-0.2, 0) is 4.74 Å². The van der Waals surface area contributed by atoms with Gasteiger partial charge in [0.05, 0.1) is 24.2 Å². The molecule has 1 fully saturated rings. The molecule has 0 spiro atoms. The minimum Gasteiger partial charge on any atom is -0.394 e. The van der Waals surface area contributed by atoms with Crippen LogP contribution in [0.25, 0.3) is 0 Å². The van der Waals surface area contributed by atoms with E-state index in [0.29, 0.717) is 31.1 Å². The summed E-state index contributed by atoms with van der Waals surface area (Å²) >= 11 is 0. The van der Waals surface area contributed by atoms with E-state index < -0.39 is 4.92 Å². The third-order valence-corrected chi connectivity index (χ3v) is 2.93. The summed E-state index contributed by atoms with van der Waals surface area (Å²) in [5.41, 5.74) is 0.600. The molecular formula is C11H15N3O4. The second-order valence-corrected chi connectivity index (χ2v) is 4.21. The SMILES string of the molecule is Cc1cc(N2CCOC(CO)C2)ncc1[N+](=O)[O-]. The first-order valence-corrected chi connectivity index (χ1v) is 5.70. The van der Waals surface area contributed by atoms with E-state index in [1.165, 1.54) is 6.20 Å². The average Bonchev–Trinajstić information content (AvgIpc) is 2.38. The van der Waals surface area contributed by atoms with Gasteiger partial charge in [0.25, 0.3) is 5.69 Å². The highest BCUT2D eigenvalue weighted by atomic mass is 16.6. The number of morpholine rings is 1. The number of aryl methyl sites for hydroxylation is 1. The Balaban J connectivity index is 2.18. The van der Waals surface area contributed by atoms with Gasteiger partial charge in [-0.2, -0.15) is 0 Å². The summed E-state index contributed by atoms with van der Waals surface area (Å²) in [6.45, 7) is 3.38. The number of rotatable bonds is 3. The third kappa shape index (κ3) is 2.57. The zero-order chi connectivity index (χ0) is 13.1. The standard InChI is InChI=1S/C11H15N3O4/c1-8-4-11(12-5-10(8)14(16)17)13-2-3-18-9(6-13)7-15/h4-5,9,15H,2-3,6-7H2,1H3. The molecule has 98 valence electrons. The summed E-state index contributed by atoms with van der Waals surface area (Å²) in [4.78, 5) is 16.3. The predicted octanol–water partition coefficient (Wildman–Crippen LogP) is 0.496. The number of aliphatic hydroxyl groups excluding tert-OH is 1. The molecule has 7 heteroatoms. The maximum atomic E-state index is 10.7. The zero-order valence-corrected chi connectivity index (χ0v) is 10.1. The molecule has 1 aliphatic heterocycles. The van der Waals surface area contributed by atoms with Crippen molar-refractivity contribution >= 4 is 11.5 Å². The summed E-state index contributed by atoms with van der Waals surface area (Å²) in [6, 6.07) is 1.69. The van der Waals surface area contributed by atoms with Gasteiger partial charge in [0.15, 0.2) is 0 Å². The Kier molecular flexibility index (Phi) is 3.73. The fraction of sp³-hybridized carbons (Fsp3) is 0.545. The Labute approximate surface area is 104 Å². The number of pyridine rings is 1. The molecule has 0 radical (unpaired) electrons. The monoisotopic (exact) mass is 253 g/mol. The highest BCUT2D eigenvalue weighted by Crippen LogP contribution is 2.22. The van der Waals surface area contributed by atoms with Gasteiger partial charge in [-0.25, -0.2) is 4.98 Å². The Morgan fingerprint density at radius 1 is 1.72 bits per heavy atom. The molecule has 1 aromatic rings. The number of anilines is 1. The molecule has 18 heavy (non-hydrogen) atoms. The largest absolute Gasteiger partial charge is 0.394 e. The van der Waals surface area contributed by atoms with E-state index in [2.05, 4.69) is 4.98 Å². The fourth-order valence-corrected chi connectivity index (χ4v) is 1.94. The van der Waals surface area contributed by atoms with Crippen molar-refractivity contribution in [2.75, 3.05) is 31.2 Å². The van der Waals surface area contributed by atoms with Gasteiger partial charge < -0.3 is 14.7 Å². The second kappa shape index (κ2) is 5.28. The maximum Gasteiger partial charge on any atom is 0.290 e. The summed E-state index contributed by atoms with van der Waals surface area (Å²) in [5, 5.41) is 19.8. The highest BCUT2D eigenvalue weighted by Gasteiger charge is 2.22. The summed E-state index contributed by atoms with van der Waals surface area (Å²) in [6.07, 6.45) is 1.05. The lowest BCUT2D eigenvalue weighted by Crippen LogP contribution is -2.44. The van der Waals surface area contributed by atoms with Crippen molar-refractivity contribution in [2.24, 2.45) is 0 Å². The molecule has 0 aromatic carbocycles. The van der Waals surface area contributed by atoms with E-state index in [1.54, 1.807) is 13.0 Å². The molecule has 2 rings (SSSR count). The molecule has 1 unspecified atom stereocenters. The molecule has 0 bridgehead atoms. The van der Waals surface area contributed by atoms with Gasteiger partial charge in [-0.05, 0) is 13.0 Å². The van der Waals surface area contributed by atoms with E-state index in [9.17, 15) is 10.1 Å². The van der Waals surface area contributed by atoms with E-state index in [1.807, 2.05) is 4.90 Å². The van der Waals surface area contributed by atoms with Crippen LogP contribution in [0, 0.1) is 17.0 Å². The molecule has 1 aromatic heterocycles. The van der Waals surface area contributed by atoms with Crippen LogP contribution in [0.4, 0.5) is 11.5 Å².